The predicted molar refractivity (Wildman–Crippen MR) is 103 cm³/mol. The van der Waals surface area contributed by atoms with Crippen LogP contribution in [0, 0.1) is 0 Å². The van der Waals surface area contributed by atoms with E-state index in [9.17, 15) is 18.0 Å². The lowest BCUT2D eigenvalue weighted by molar-refractivity contribution is -0.192. The highest BCUT2D eigenvalue weighted by Gasteiger charge is 2.38. The van der Waals surface area contributed by atoms with Crippen LogP contribution in [-0.4, -0.2) is 53.9 Å². The van der Waals surface area contributed by atoms with Gasteiger partial charge in [0.1, 0.15) is 11.6 Å². The van der Waals surface area contributed by atoms with E-state index < -0.39 is 12.1 Å². The number of amides is 1. The molecule has 2 N–H and O–H groups in total. The number of nitrogens with zero attached hydrogens (tertiary/aromatic N) is 5. The van der Waals surface area contributed by atoms with Gasteiger partial charge < -0.3 is 19.4 Å². The van der Waals surface area contributed by atoms with Crippen LogP contribution in [-0.2, 0) is 38.0 Å². The third-order valence-corrected chi connectivity index (χ3v) is 4.53. The van der Waals surface area contributed by atoms with Gasteiger partial charge in [0.25, 0.3) is 5.91 Å². The van der Waals surface area contributed by atoms with Crippen molar-refractivity contribution in [1.82, 2.24) is 29.5 Å². The Kier molecular flexibility index (Phi) is 6.98. The van der Waals surface area contributed by atoms with E-state index in [1.165, 1.54) is 0 Å². The first kappa shape index (κ1) is 23.1. The second-order valence-electron chi connectivity index (χ2n) is 7.02. The molecule has 3 aromatic rings. The number of carbonyl (C=O) groups excluding carboxylic acids is 1. The van der Waals surface area contributed by atoms with Crippen LogP contribution in [0.1, 0.15) is 27.6 Å². The number of alkyl halides is 3. The topological polar surface area (TPSA) is 118 Å². The molecule has 0 unspecified atom stereocenters. The number of aromatic nitrogens is 4. The third kappa shape index (κ3) is 6.20. The summed E-state index contributed by atoms with van der Waals surface area (Å²) in [4.78, 5) is 27.9. The molecule has 4 heterocycles. The fraction of sp³-hybridized carbons (Fsp3) is 0.368. The molecular weight excluding hydrogens is 433 g/mol. The summed E-state index contributed by atoms with van der Waals surface area (Å²) in [7, 11) is 1.79. The molecule has 4 rings (SSSR count). The summed E-state index contributed by atoms with van der Waals surface area (Å²) in [6.07, 6.45) is 1.88. The van der Waals surface area contributed by atoms with Gasteiger partial charge in [-0.1, -0.05) is 0 Å². The Bertz CT molecular complexity index is 1060. The number of furan rings is 1. The van der Waals surface area contributed by atoms with Gasteiger partial charge in [-0.2, -0.15) is 18.3 Å². The Labute approximate surface area is 180 Å². The fourth-order valence-electron chi connectivity index (χ4n) is 3.02. The van der Waals surface area contributed by atoms with Crippen molar-refractivity contribution in [2.75, 3.05) is 6.54 Å². The molecule has 0 saturated heterocycles. The van der Waals surface area contributed by atoms with Gasteiger partial charge in [-0.05, 0) is 12.1 Å². The van der Waals surface area contributed by atoms with Crippen molar-refractivity contribution < 1.29 is 32.3 Å². The van der Waals surface area contributed by atoms with E-state index in [-0.39, 0.29) is 5.91 Å². The largest absolute Gasteiger partial charge is 0.490 e. The Hall–Kier alpha value is -3.61. The van der Waals surface area contributed by atoms with E-state index in [1.54, 1.807) is 30.4 Å². The number of fused-ring (bicyclic) bond motifs is 1. The van der Waals surface area contributed by atoms with Gasteiger partial charge in [-0.15, -0.1) is 0 Å². The quantitative estimate of drug-likeness (QED) is 0.603. The number of hydrogen-bond acceptors (Lipinski definition) is 6. The molecule has 13 heteroatoms. The molecule has 3 aromatic heterocycles. The number of carbonyl (C=O) groups is 2. The first-order chi connectivity index (χ1) is 15.1. The van der Waals surface area contributed by atoms with Crippen molar-refractivity contribution in [2.24, 2.45) is 7.05 Å². The summed E-state index contributed by atoms with van der Waals surface area (Å²) in [5.41, 5.74) is 1.42. The van der Waals surface area contributed by atoms with Gasteiger partial charge in [0.2, 0.25) is 0 Å². The Morgan fingerprint density at radius 2 is 2.03 bits per heavy atom. The molecule has 0 saturated carbocycles. The highest BCUT2D eigenvalue weighted by Crippen LogP contribution is 2.16. The summed E-state index contributed by atoms with van der Waals surface area (Å²) >= 11 is 0. The number of rotatable bonds is 5. The van der Waals surface area contributed by atoms with Crippen LogP contribution in [0.15, 0.2) is 41.4 Å². The number of nitrogens with one attached hydrogen (secondary N) is 1. The molecule has 0 aromatic carbocycles. The smallest absolute Gasteiger partial charge is 0.475 e. The average Bonchev–Trinajstić information content (AvgIpc) is 3.46. The molecular formula is C19H21F3N6O4. The van der Waals surface area contributed by atoms with Crippen LogP contribution in [0.25, 0.3) is 0 Å². The molecule has 0 bridgehead atoms. The van der Waals surface area contributed by atoms with Crippen LogP contribution in [0.2, 0.25) is 0 Å². The number of aliphatic carboxylic acids is 1. The van der Waals surface area contributed by atoms with Gasteiger partial charge in [0.15, 0.2) is 0 Å². The van der Waals surface area contributed by atoms with Crippen molar-refractivity contribution in [2.45, 2.75) is 32.4 Å². The number of carboxylic acid groups (broad SMARTS) is 1. The number of carboxylic acids is 1. The lowest BCUT2D eigenvalue weighted by atomic mass is 10.3. The molecule has 0 atom stereocenters. The summed E-state index contributed by atoms with van der Waals surface area (Å²) < 4.78 is 40.9. The zero-order chi connectivity index (χ0) is 23.3. The molecule has 1 aliphatic rings. The zero-order valence-electron chi connectivity index (χ0n) is 17.0. The van der Waals surface area contributed by atoms with Gasteiger partial charge >= 0.3 is 12.1 Å². The van der Waals surface area contributed by atoms with Crippen LogP contribution >= 0.6 is 0 Å². The van der Waals surface area contributed by atoms with Gasteiger partial charge in [-0.3, -0.25) is 14.4 Å². The lowest BCUT2D eigenvalue weighted by Crippen LogP contribution is -2.33. The summed E-state index contributed by atoms with van der Waals surface area (Å²) in [6.45, 7) is 3.81. The van der Waals surface area contributed by atoms with Crippen LogP contribution < -0.4 is 5.32 Å². The minimum atomic E-state index is -5.08. The summed E-state index contributed by atoms with van der Waals surface area (Å²) in [6, 6.07) is 3.89. The maximum Gasteiger partial charge on any atom is 0.490 e. The minimum absolute atomic E-state index is 0.140. The van der Waals surface area contributed by atoms with Crippen LogP contribution in [0.4, 0.5) is 13.2 Å². The van der Waals surface area contributed by atoms with Gasteiger partial charge in [0, 0.05) is 32.5 Å². The SMILES string of the molecule is Cn1cc(C(=O)NCc2cn3c(n2)CN(Cc2ccco2)CC3)cn1.O=C(O)C(F)(F)F. The van der Waals surface area contributed by atoms with E-state index in [0.29, 0.717) is 12.1 Å². The molecule has 0 fully saturated rings. The lowest BCUT2D eigenvalue weighted by Gasteiger charge is -2.26. The van der Waals surface area contributed by atoms with Crippen molar-refractivity contribution in [3.63, 3.8) is 0 Å². The van der Waals surface area contributed by atoms with Crippen molar-refractivity contribution in [3.8, 4) is 0 Å². The molecule has 32 heavy (non-hydrogen) atoms. The Balaban J connectivity index is 0.000000360. The zero-order valence-corrected chi connectivity index (χ0v) is 17.0. The Morgan fingerprint density at radius 1 is 1.28 bits per heavy atom. The Morgan fingerprint density at radius 3 is 2.62 bits per heavy atom. The van der Waals surface area contributed by atoms with Gasteiger partial charge in [0.05, 0.1) is 43.4 Å². The van der Waals surface area contributed by atoms with E-state index in [2.05, 4.69) is 24.9 Å². The first-order valence-electron chi connectivity index (χ1n) is 9.48. The fourth-order valence-corrected chi connectivity index (χ4v) is 3.02. The van der Waals surface area contributed by atoms with E-state index in [0.717, 1.165) is 43.5 Å². The number of halogens is 3. The minimum Gasteiger partial charge on any atom is -0.475 e. The molecule has 0 spiro atoms. The monoisotopic (exact) mass is 454 g/mol. The second-order valence-corrected chi connectivity index (χ2v) is 7.02. The van der Waals surface area contributed by atoms with Crippen LogP contribution in [0.3, 0.4) is 0 Å². The molecule has 1 amide bonds. The number of aryl methyl sites for hydroxylation is 1. The molecule has 1 aliphatic heterocycles. The van der Waals surface area contributed by atoms with E-state index in [4.69, 9.17) is 14.3 Å². The van der Waals surface area contributed by atoms with Crippen molar-refractivity contribution in [3.05, 3.63) is 59.8 Å². The second kappa shape index (κ2) is 9.68. The number of hydrogen-bond donors (Lipinski definition) is 2. The van der Waals surface area contributed by atoms with E-state index in [1.807, 2.05) is 18.3 Å². The van der Waals surface area contributed by atoms with Crippen molar-refractivity contribution in [1.29, 1.82) is 0 Å². The van der Waals surface area contributed by atoms with Crippen LogP contribution in [0.5, 0.6) is 0 Å². The molecule has 0 radical (unpaired) electrons. The highest BCUT2D eigenvalue weighted by molar-refractivity contribution is 5.93. The maximum atomic E-state index is 12.1. The predicted octanol–water partition coefficient (Wildman–Crippen LogP) is 1.79. The number of imidazole rings is 1. The maximum absolute atomic E-state index is 12.1. The molecule has 0 aliphatic carbocycles. The van der Waals surface area contributed by atoms with Gasteiger partial charge in [-0.25, -0.2) is 9.78 Å². The summed E-state index contributed by atoms with van der Waals surface area (Å²) in [5, 5.41) is 14.0. The molecule has 172 valence electrons. The average molecular weight is 454 g/mol. The first-order valence-corrected chi connectivity index (χ1v) is 9.48. The summed E-state index contributed by atoms with van der Waals surface area (Å²) in [5.74, 6) is -0.918. The third-order valence-electron chi connectivity index (χ3n) is 4.53. The normalized spacial score (nSPS) is 13.8. The van der Waals surface area contributed by atoms with Crippen molar-refractivity contribution >= 4 is 11.9 Å². The highest BCUT2D eigenvalue weighted by atomic mass is 19.4. The molecule has 10 nitrogen and oxygen atoms in total. The van der Waals surface area contributed by atoms with E-state index >= 15 is 0 Å². The standard InChI is InChI=1S/C17H20N6O2.C2HF3O2/c1-21-9-13(7-19-21)17(24)18-8-14-10-23-5-4-22(12-16(23)20-14)11-15-3-2-6-25-15;3-2(4,5)1(6)7/h2-3,6-7,9-10H,4-5,8,11-12H2,1H3,(H,18,24);(H,6,7).